The zero-order chi connectivity index (χ0) is 10.3. The number of esters is 1. The molecule has 0 bridgehead atoms. The van der Waals surface area contributed by atoms with E-state index in [2.05, 4.69) is 0 Å². The van der Waals surface area contributed by atoms with Gasteiger partial charge in [0, 0.05) is 0 Å². The number of hydrogen-bond donors (Lipinski definition) is 0. The van der Waals surface area contributed by atoms with E-state index in [1.807, 2.05) is 30.3 Å². The van der Waals surface area contributed by atoms with E-state index >= 15 is 0 Å². The third-order valence-electron chi connectivity index (χ3n) is 2.66. The van der Waals surface area contributed by atoms with E-state index in [1.54, 1.807) is 0 Å². The summed E-state index contributed by atoms with van der Waals surface area (Å²) in [6.07, 6.45) is 1.73. The molecule has 2 atom stereocenters. The summed E-state index contributed by atoms with van der Waals surface area (Å²) < 4.78 is 10.5. The molecule has 2 unspecified atom stereocenters. The molecule has 3 heteroatoms. The zero-order valence-electron chi connectivity index (χ0n) is 8.26. The van der Waals surface area contributed by atoms with Gasteiger partial charge in [-0.05, 0) is 18.4 Å². The minimum atomic E-state index is -0.368. The smallest absolute Gasteiger partial charge is 0.338 e. The Hall–Kier alpha value is -1.35. The maximum absolute atomic E-state index is 11.5. The molecule has 1 saturated heterocycles. The van der Waals surface area contributed by atoms with Gasteiger partial charge in [0.15, 0.2) is 6.10 Å². The van der Waals surface area contributed by atoms with Crippen LogP contribution in [0.2, 0.25) is 0 Å². The molecule has 1 aromatic rings. The Morgan fingerprint density at radius 1 is 1.27 bits per heavy atom. The molecule has 0 N–H and O–H groups in total. The van der Waals surface area contributed by atoms with Gasteiger partial charge in [-0.2, -0.15) is 0 Å². The molecule has 0 radical (unpaired) electrons. The Labute approximate surface area is 88.0 Å². The van der Waals surface area contributed by atoms with Crippen molar-refractivity contribution in [2.24, 2.45) is 0 Å². The summed E-state index contributed by atoms with van der Waals surface area (Å²) in [6, 6.07) is 9.77. The SMILES string of the molecule is O=C(OC1CC1)C1OC1c1ccccc1. The first-order valence-electron chi connectivity index (χ1n) is 5.25. The molecular formula is C12H12O3. The molecule has 1 saturated carbocycles. The summed E-state index contributed by atoms with van der Waals surface area (Å²) >= 11 is 0. The third-order valence-corrected chi connectivity index (χ3v) is 2.66. The quantitative estimate of drug-likeness (QED) is 0.557. The Balaban J connectivity index is 1.61. The molecule has 1 heterocycles. The second-order valence-electron chi connectivity index (χ2n) is 4.02. The van der Waals surface area contributed by atoms with Crippen LogP contribution in [0.5, 0.6) is 0 Å². The first kappa shape index (κ1) is 8.92. The third kappa shape index (κ3) is 1.88. The molecule has 1 aliphatic carbocycles. The van der Waals surface area contributed by atoms with E-state index < -0.39 is 0 Å². The Morgan fingerprint density at radius 2 is 2.00 bits per heavy atom. The molecule has 0 amide bonds. The molecular weight excluding hydrogens is 192 g/mol. The van der Waals surface area contributed by atoms with Crippen LogP contribution < -0.4 is 0 Å². The lowest BCUT2D eigenvalue weighted by Gasteiger charge is -1.98. The van der Waals surface area contributed by atoms with Crippen molar-refractivity contribution in [2.75, 3.05) is 0 Å². The molecule has 1 aliphatic heterocycles. The number of carbonyl (C=O) groups is 1. The van der Waals surface area contributed by atoms with Crippen LogP contribution in [-0.2, 0) is 14.3 Å². The summed E-state index contributed by atoms with van der Waals surface area (Å²) in [4.78, 5) is 11.5. The highest BCUT2D eigenvalue weighted by molar-refractivity contribution is 5.78. The molecule has 1 aromatic carbocycles. The summed E-state index contributed by atoms with van der Waals surface area (Å²) in [5.41, 5.74) is 1.05. The van der Waals surface area contributed by atoms with Crippen molar-refractivity contribution in [2.45, 2.75) is 31.2 Å². The van der Waals surface area contributed by atoms with Crippen LogP contribution >= 0.6 is 0 Å². The largest absolute Gasteiger partial charge is 0.460 e. The van der Waals surface area contributed by atoms with Gasteiger partial charge in [0.2, 0.25) is 0 Å². The average molecular weight is 204 g/mol. The Bertz CT molecular complexity index is 370. The second kappa shape index (κ2) is 3.35. The Kier molecular flexibility index (Phi) is 1.99. The number of hydrogen-bond acceptors (Lipinski definition) is 3. The number of rotatable bonds is 3. The Morgan fingerprint density at radius 3 is 2.67 bits per heavy atom. The lowest BCUT2D eigenvalue weighted by atomic mass is 10.1. The van der Waals surface area contributed by atoms with E-state index in [1.165, 1.54) is 0 Å². The van der Waals surface area contributed by atoms with Crippen LogP contribution in [-0.4, -0.2) is 18.2 Å². The zero-order valence-corrected chi connectivity index (χ0v) is 8.26. The predicted octanol–water partition coefficient (Wildman–Crippen LogP) is 1.83. The summed E-state index contributed by atoms with van der Waals surface area (Å²) in [5.74, 6) is -0.202. The molecule has 0 aromatic heterocycles. The summed E-state index contributed by atoms with van der Waals surface area (Å²) in [7, 11) is 0. The lowest BCUT2D eigenvalue weighted by Crippen LogP contribution is -2.13. The molecule has 15 heavy (non-hydrogen) atoms. The van der Waals surface area contributed by atoms with Crippen LogP contribution in [0.4, 0.5) is 0 Å². The topological polar surface area (TPSA) is 38.8 Å². The molecule has 0 spiro atoms. The van der Waals surface area contributed by atoms with Crippen molar-refractivity contribution in [3.63, 3.8) is 0 Å². The summed E-state index contributed by atoms with van der Waals surface area (Å²) in [6.45, 7) is 0. The van der Waals surface area contributed by atoms with Crippen molar-refractivity contribution < 1.29 is 14.3 Å². The van der Waals surface area contributed by atoms with Gasteiger partial charge >= 0.3 is 5.97 Å². The summed E-state index contributed by atoms with van der Waals surface area (Å²) in [5, 5.41) is 0. The molecule has 3 rings (SSSR count). The molecule has 2 aliphatic rings. The first-order chi connectivity index (χ1) is 7.34. The monoisotopic (exact) mass is 204 g/mol. The van der Waals surface area contributed by atoms with Crippen molar-refractivity contribution >= 4 is 5.97 Å². The van der Waals surface area contributed by atoms with Crippen molar-refractivity contribution in [3.05, 3.63) is 35.9 Å². The highest BCUT2D eigenvalue weighted by atomic mass is 16.6. The molecule has 3 nitrogen and oxygen atoms in total. The van der Waals surface area contributed by atoms with E-state index in [9.17, 15) is 4.79 Å². The van der Waals surface area contributed by atoms with Gasteiger partial charge < -0.3 is 9.47 Å². The van der Waals surface area contributed by atoms with Crippen LogP contribution in [0.1, 0.15) is 24.5 Å². The maximum atomic E-state index is 11.5. The first-order valence-corrected chi connectivity index (χ1v) is 5.25. The van der Waals surface area contributed by atoms with Gasteiger partial charge in [0.05, 0.1) is 0 Å². The van der Waals surface area contributed by atoms with Crippen molar-refractivity contribution in [1.82, 2.24) is 0 Å². The van der Waals surface area contributed by atoms with Crippen LogP contribution in [0.25, 0.3) is 0 Å². The lowest BCUT2D eigenvalue weighted by molar-refractivity contribution is -0.146. The minimum Gasteiger partial charge on any atom is -0.460 e. The van der Waals surface area contributed by atoms with Gasteiger partial charge in [0.25, 0.3) is 0 Å². The van der Waals surface area contributed by atoms with Gasteiger partial charge in [-0.1, -0.05) is 30.3 Å². The molecule has 78 valence electrons. The average Bonchev–Trinajstić information content (AvgIpc) is 3.13. The highest BCUT2D eigenvalue weighted by Gasteiger charge is 2.48. The fourth-order valence-corrected chi connectivity index (χ4v) is 1.61. The van der Waals surface area contributed by atoms with Gasteiger partial charge in [0.1, 0.15) is 12.2 Å². The van der Waals surface area contributed by atoms with Gasteiger partial charge in [-0.3, -0.25) is 0 Å². The standard InChI is InChI=1S/C12H12O3/c13-12(14-9-6-7-9)11-10(15-11)8-4-2-1-3-5-8/h1-5,9-11H,6-7H2. The van der Waals surface area contributed by atoms with Gasteiger partial charge in [-0.25, -0.2) is 4.79 Å². The van der Waals surface area contributed by atoms with Gasteiger partial charge in [-0.15, -0.1) is 0 Å². The van der Waals surface area contributed by atoms with Crippen LogP contribution in [0.3, 0.4) is 0 Å². The molecule has 2 fully saturated rings. The van der Waals surface area contributed by atoms with E-state index in [4.69, 9.17) is 9.47 Å². The minimum absolute atomic E-state index is 0.0857. The number of epoxide rings is 1. The van der Waals surface area contributed by atoms with Crippen molar-refractivity contribution in [3.8, 4) is 0 Å². The van der Waals surface area contributed by atoms with E-state index in [-0.39, 0.29) is 24.3 Å². The number of ether oxygens (including phenoxy) is 2. The fourth-order valence-electron chi connectivity index (χ4n) is 1.61. The van der Waals surface area contributed by atoms with Crippen molar-refractivity contribution in [1.29, 1.82) is 0 Å². The highest BCUT2D eigenvalue weighted by Crippen LogP contribution is 2.40. The van der Waals surface area contributed by atoms with Crippen LogP contribution in [0.15, 0.2) is 30.3 Å². The van der Waals surface area contributed by atoms with E-state index in [0.29, 0.717) is 0 Å². The number of benzene rings is 1. The predicted molar refractivity (Wildman–Crippen MR) is 53.2 cm³/mol. The van der Waals surface area contributed by atoms with E-state index in [0.717, 1.165) is 18.4 Å². The van der Waals surface area contributed by atoms with Crippen LogP contribution in [0, 0.1) is 0 Å². The normalized spacial score (nSPS) is 28.5. The fraction of sp³-hybridized carbons (Fsp3) is 0.417. The maximum Gasteiger partial charge on any atom is 0.338 e. The number of carbonyl (C=O) groups excluding carboxylic acids is 1. The second-order valence-corrected chi connectivity index (χ2v) is 4.02.